The minimum atomic E-state index is -0.221. The number of hydrogen-bond acceptors (Lipinski definition) is 3. The van der Waals surface area contributed by atoms with E-state index in [9.17, 15) is 4.79 Å². The molecule has 3 heteroatoms. The summed E-state index contributed by atoms with van der Waals surface area (Å²) in [4.78, 5) is 12.1. The molecule has 2 nitrogen and oxygen atoms in total. The van der Waals surface area contributed by atoms with Gasteiger partial charge in [-0.1, -0.05) is 24.3 Å². The summed E-state index contributed by atoms with van der Waals surface area (Å²) in [5, 5.41) is 0. The molecule has 0 saturated carbocycles. The molecule has 17 heavy (non-hydrogen) atoms. The van der Waals surface area contributed by atoms with Crippen LogP contribution in [0, 0.1) is 0 Å². The molecule has 92 valence electrons. The first-order valence-electron chi connectivity index (χ1n) is 5.68. The van der Waals surface area contributed by atoms with E-state index in [0.717, 1.165) is 18.6 Å². The van der Waals surface area contributed by atoms with Crippen LogP contribution in [-0.2, 0) is 9.53 Å². The highest BCUT2D eigenvalue weighted by atomic mass is 32.2. The van der Waals surface area contributed by atoms with Crippen molar-refractivity contribution in [1.29, 1.82) is 0 Å². The highest BCUT2D eigenvalue weighted by Gasteiger charge is 2.09. The van der Waals surface area contributed by atoms with E-state index < -0.39 is 0 Å². The maximum absolute atomic E-state index is 10.9. The molecule has 1 aromatic rings. The number of benzene rings is 1. The van der Waals surface area contributed by atoms with E-state index in [1.807, 2.05) is 18.2 Å². The van der Waals surface area contributed by atoms with Gasteiger partial charge in [-0.25, -0.2) is 0 Å². The molecule has 0 aliphatic rings. The van der Waals surface area contributed by atoms with Crippen LogP contribution in [0.2, 0.25) is 0 Å². The van der Waals surface area contributed by atoms with Gasteiger partial charge in [0.15, 0.2) is 0 Å². The minimum absolute atomic E-state index is 0.0405. The van der Waals surface area contributed by atoms with Crippen molar-refractivity contribution in [3.05, 3.63) is 43.0 Å². The number of esters is 1. The van der Waals surface area contributed by atoms with Crippen LogP contribution >= 0.6 is 11.8 Å². The Kier molecular flexibility index (Phi) is 6.48. The summed E-state index contributed by atoms with van der Waals surface area (Å²) in [5.74, 6) is 0.720. The molecule has 0 aromatic heterocycles. The molecule has 0 bridgehead atoms. The van der Waals surface area contributed by atoms with Crippen molar-refractivity contribution in [3.63, 3.8) is 0 Å². The third-order valence-electron chi connectivity index (χ3n) is 2.21. The van der Waals surface area contributed by atoms with E-state index in [1.54, 1.807) is 17.8 Å². The van der Waals surface area contributed by atoms with Crippen LogP contribution in [-0.4, -0.2) is 17.8 Å². The fourth-order valence-electron chi connectivity index (χ4n) is 1.47. The average Bonchev–Trinajstić information content (AvgIpc) is 2.30. The van der Waals surface area contributed by atoms with E-state index in [4.69, 9.17) is 4.74 Å². The van der Waals surface area contributed by atoms with Crippen LogP contribution in [0.25, 0.3) is 0 Å². The lowest BCUT2D eigenvalue weighted by molar-refractivity contribution is -0.146. The van der Waals surface area contributed by atoms with Gasteiger partial charge < -0.3 is 4.74 Å². The molecule has 0 N–H and O–H groups in total. The Morgan fingerprint density at radius 3 is 2.76 bits per heavy atom. The quantitative estimate of drug-likeness (QED) is 0.419. The zero-order chi connectivity index (χ0) is 12.5. The Balaban J connectivity index is 2.31. The monoisotopic (exact) mass is 250 g/mol. The molecule has 0 saturated heterocycles. The molecule has 1 aromatic carbocycles. The number of thioether (sulfide) groups is 1. The minimum Gasteiger partial charge on any atom is -0.462 e. The van der Waals surface area contributed by atoms with Crippen molar-refractivity contribution in [2.24, 2.45) is 0 Å². The number of carbonyl (C=O) groups excluding carboxylic acids is 1. The van der Waals surface area contributed by atoms with Crippen LogP contribution in [0.5, 0.6) is 0 Å². The SMILES string of the molecule is C=CCC(CCSc1ccccc1)OC(C)=O. The number of hydrogen-bond donors (Lipinski definition) is 0. The Morgan fingerprint density at radius 2 is 2.18 bits per heavy atom. The number of carbonyl (C=O) groups is 1. The van der Waals surface area contributed by atoms with Gasteiger partial charge in [0.1, 0.15) is 6.10 Å². The lowest BCUT2D eigenvalue weighted by atomic mass is 10.2. The molecule has 0 spiro atoms. The van der Waals surface area contributed by atoms with E-state index in [-0.39, 0.29) is 12.1 Å². The van der Waals surface area contributed by atoms with Gasteiger partial charge in [0.05, 0.1) is 0 Å². The second-order valence-electron chi connectivity index (χ2n) is 3.71. The molecular weight excluding hydrogens is 232 g/mol. The molecule has 1 unspecified atom stereocenters. The largest absolute Gasteiger partial charge is 0.462 e. The second kappa shape index (κ2) is 7.96. The molecule has 0 heterocycles. The second-order valence-corrected chi connectivity index (χ2v) is 4.87. The molecule has 0 aliphatic carbocycles. The van der Waals surface area contributed by atoms with Gasteiger partial charge >= 0.3 is 5.97 Å². The van der Waals surface area contributed by atoms with Gasteiger partial charge in [0.25, 0.3) is 0 Å². The molecule has 0 radical (unpaired) electrons. The van der Waals surface area contributed by atoms with Crippen molar-refractivity contribution in [2.75, 3.05) is 5.75 Å². The first-order valence-corrected chi connectivity index (χ1v) is 6.67. The highest BCUT2D eigenvalue weighted by Crippen LogP contribution is 2.20. The summed E-state index contributed by atoms with van der Waals surface area (Å²) in [6.45, 7) is 5.12. The summed E-state index contributed by atoms with van der Waals surface area (Å²) in [6.07, 6.45) is 3.32. The van der Waals surface area contributed by atoms with Crippen LogP contribution in [0.1, 0.15) is 19.8 Å². The zero-order valence-electron chi connectivity index (χ0n) is 10.1. The van der Waals surface area contributed by atoms with Crippen LogP contribution in [0.15, 0.2) is 47.9 Å². The van der Waals surface area contributed by atoms with E-state index >= 15 is 0 Å². The molecule has 0 fully saturated rings. The van der Waals surface area contributed by atoms with Gasteiger partial charge in [0.2, 0.25) is 0 Å². The summed E-state index contributed by atoms with van der Waals surface area (Å²) in [6, 6.07) is 10.2. The first-order chi connectivity index (χ1) is 8.22. The molecular formula is C14H18O2S. The lowest BCUT2D eigenvalue weighted by Gasteiger charge is -2.14. The maximum Gasteiger partial charge on any atom is 0.302 e. The number of rotatable bonds is 7. The fraction of sp³-hybridized carbons (Fsp3) is 0.357. The third kappa shape index (κ3) is 6.17. The Hall–Kier alpha value is -1.22. The molecule has 0 aliphatic heterocycles. The predicted molar refractivity (Wildman–Crippen MR) is 72.2 cm³/mol. The highest BCUT2D eigenvalue weighted by molar-refractivity contribution is 7.99. The van der Waals surface area contributed by atoms with Crippen molar-refractivity contribution < 1.29 is 9.53 Å². The van der Waals surface area contributed by atoms with Crippen LogP contribution in [0.4, 0.5) is 0 Å². The summed E-state index contributed by atoms with van der Waals surface area (Å²) < 4.78 is 5.21. The smallest absolute Gasteiger partial charge is 0.302 e. The fourth-order valence-corrected chi connectivity index (χ4v) is 2.44. The van der Waals surface area contributed by atoms with Crippen LogP contribution in [0.3, 0.4) is 0 Å². The number of ether oxygens (including phenoxy) is 1. The van der Waals surface area contributed by atoms with Crippen molar-refractivity contribution in [2.45, 2.75) is 30.8 Å². The Labute approximate surface area is 107 Å². The first kappa shape index (κ1) is 13.8. The Morgan fingerprint density at radius 1 is 1.47 bits per heavy atom. The standard InChI is InChI=1S/C14H18O2S/c1-3-7-13(16-12(2)15)10-11-17-14-8-5-4-6-9-14/h3-6,8-9,13H,1,7,10-11H2,2H3. The van der Waals surface area contributed by atoms with Crippen molar-refractivity contribution >= 4 is 17.7 Å². The van der Waals surface area contributed by atoms with E-state index in [0.29, 0.717) is 0 Å². The van der Waals surface area contributed by atoms with Gasteiger partial charge in [-0.3, -0.25) is 4.79 Å². The normalized spacial score (nSPS) is 11.8. The van der Waals surface area contributed by atoms with Crippen molar-refractivity contribution in [3.8, 4) is 0 Å². The molecule has 1 rings (SSSR count). The molecule has 0 amide bonds. The predicted octanol–water partition coefficient (Wildman–Crippen LogP) is 3.68. The van der Waals surface area contributed by atoms with Gasteiger partial charge in [-0.15, -0.1) is 18.3 Å². The van der Waals surface area contributed by atoms with Crippen LogP contribution < -0.4 is 0 Å². The molecule has 1 atom stereocenters. The summed E-state index contributed by atoms with van der Waals surface area (Å²) in [5.41, 5.74) is 0. The maximum atomic E-state index is 10.9. The third-order valence-corrected chi connectivity index (χ3v) is 3.26. The Bertz CT molecular complexity index is 348. The average molecular weight is 250 g/mol. The van der Waals surface area contributed by atoms with Crippen molar-refractivity contribution in [1.82, 2.24) is 0 Å². The van der Waals surface area contributed by atoms with Gasteiger partial charge in [-0.2, -0.15) is 0 Å². The van der Waals surface area contributed by atoms with E-state index in [2.05, 4.69) is 18.7 Å². The summed E-state index contributed by atoms with van der Waals surface area (Å²) >= 11 is 1.78. The topological polar surface area (TPSA) is 26.3 Å². The lowest BCUT2D eigenvalue weighted by Crippen LogP contribution is -2.16. The van der Waals surface area contributed by atoms with Gasteiger partial charge in [-0.05, 0) is 18.6 Å². The van der Waals surface area contributed by atoms with Gasteiger partial charge in [0, 0.05) is 24.0 Å². The summed E-state index contributed by atoms with van der Waals surface area (Å²) in [7, 11) is 0. The van der Waals surface area contributed by atoms with E-state index in [1.165, 1.54) is 11.8 Å². The zero-order valence-corrected chi connectivity index (χ0v) is 10.9.